The van der Waals surface area contributed by atoms with E-state index in [9.17, 15) is 8.42 Å². The molecule has 0 atom stereocenters. The second-order valence-corrected chi connectivity index (χ2v) is 5.51. The molecule has 3 nitrogen and oxygen atoms in total. The van der Waals surface area contributed by atoms with Gasteiger partial charge < -0.3 is 0 Å². The first-order valence-electron chi connectivity index (χ1n) is 3.83. The number of benzene rings is 1. The highest BCUT2D eigenvalue weighted by molar-refractivity contribution is 7.93. The van der Waals surface area contributed by atoms with E-state index >= 15 is 0 Å². The van der Waals surface area contributed by atoms with Gasteiger partial charge in [0.2, 0.25) is 14.2 Å². The molecule has 0 amide bonds. The van der Waals surface area contributed by atoms with E-state index in [0.717, 1.165) is 11.3 Å². The van der Waals surface area contributed by atoms with Gasteiger partial charge in [-0.25, -0.2) is 13.4 Å². The SMILES string of the molecule is O=S(=O)(c1ccccc1)c1nc[c]s1. The third-order valence-electron chi connectivity index (χ3n) is 1.65. The van der Waals surface area contributed by atoms with Crippen molar-refractivity contribution >= 4 is 21.2 Å². The Morgan fingerprint density at radius 3 is 2.50 bits per heavy atom. The van der Waals surface area contributed by atoms with Crippen molar-refractivity contribution in [1.29, 1.82) is 0 Å². The first kappa shape index (κ1) is 9.36. The lowest BCUT2D eigenvalue weighted by atomic mass is 10.4. The summed E-state index contributed by atoms with van der Waals surface area (Å²) in [6, 6.07) is 8.24. The maximum atomic E-state index is 11.8. The second-order valence-electron chi connectivity index (χ2n) is 2.56. The van der Waals surface area contributed by atoms with Crippen LogP contribution in [0.2, 0.25) is 0 Å². The molecule has 1 aromatic heterocycles. The maximum absolute atomic E-state index is 11.8. The molecule has 1 aromatic carbocycles. The Labute approximate surface area is 86.0 Å². The minimum atomic E-state index is -3.42. The molecular weight excluding hydrogens is 218 g/mol. The molecule has 0 unspecified atom stereocenters. The van der Waals surface area contributed by atoms with E-state index in [1.54, 1.807) is 30.3 Å². The predicted octanol–water partition coefficient (Wildman–Crippen LogP) is 1.78. The lowest BCUT2D eigenvalue weighted by Crippen LogP contribution is -2.00. The summed E-state index contributed by atoms with van der Waals surface area (Å²) in [5, 5.41) is 2.66. The number of rotatable bonds is 2. The summed E-state index contributed by atoms with van der Waals surface area (Å²) in [6.45, 7) is 0. The highest BCUT2D eigenvalue weighted by Gasteiger charge is 2.19. The Morgan fingerprint density at radius 1 is 1.21 bits per heavy atom. The Bertz CT molecular complexity index is 503. The molecule has 0 saturated carbocycles. The molecule has 0 spiro atoms. The van der Waals surface area contributed by atoms with Crippen molar-refractivity contribution in [2.24, 2.45) is 0 Å². The third kappa shape index (κ3) is 1.56. The van der Waals surface area contributed by atoms with Gasteiger partial charge in [-0.3, -0.25) is 0 Å². The summed E-state index contributed by atoms with van der Waals surface area (Å²) in [5.74, 6) is 0. The standard InChI is InChI=1S/C9H6NO2S2/c11-14(12,9-10-6-7-13-9)8-4-2-1-3-5-8/h1-6H. The molecule has 0 bridgehead atoms. The van der Waals surface area contributed by atoms with Crippen LogP contribution in [0.4, 0.5) is 0 Å². The van der Waals surface area contributed by atoms with Gasteiger partial charge in [0.15, 0.2) is 0 Å². The smallest absolute Gasteiger partial charge is 0.233 e. The lowest BCUT2D eigenvalue weighted by Gasteiger charge is -1.98. The van der Waals surface area contributed by atoms with Crippen molar-refractivity contribution in [3.05, 3.63) is 41.9 Å². The average molecular weight is 224 g/mol. The molecule has 71 valence electrons. The molecule has 0 aliphatic rings. The largest absolute Gasteiger partial charge is 0.233 e. The molecule has 2 rings (SSSR count). The van der Waals surface area contributed by atoms with Gasteiger partial charge in [-0.15, -0.1) is 11.3 Å². The van der Waals surface area contributed by atoms with Crippen LogP contribution in [0.15, 0.2) is 45.8 Å². The zero-order chi connectivity index (χ0) is 10.0. The van der Waals surface area contributed by atoms with Gasteiger partial charge >= 0.3 is 0 Å². The van der Waals surface area contributed by atoms with E-state index in [1.165, 1.54) is 6.20 Å². The minimum Gasteiger partial charge on any atom is -0.233 e. The second kappa shape index (κ2) is 3.51. The molecule has 0 aliphatic carbocycles. The topological polar surface area (TPSA) is 47.0 Å². The highest BCUT2D eigenvalue weighted by atomic mass is 32.2. The van der Waals surface area contributed by atoms with E-state index in [2.05, 4.69) is 10.4 Å². The lowest BCUT2D eigenvalue weighted by molar-refractivity contribution is 0.595. The number of thiazole rings is 1. The molecule has 14 heavy (non-hydrogen) atoms. The van der Waals surface area contributed by atoms with Gasteiger partial charge in [0.05, 0.1) is 10.3 Å². The van der Waals surface area contributed by atoms with Crippen LogP contribution in [0.3, 0.4) is 0 Å². The zero-order valence-corrected chi connectivity index (χ0v) is 8.68. The van der Waals surface area contributed by atoms with Crippen molar-refractivity contribution < 1.29 is 8.42 Å². The van der Waals surface area contributed by atoms with Crippen LogP contribution in [0.25, 0.3) is 0 Å². The molecule has 0 saturated heterocycles. The summed E-state index contributed by atoms with van der Waals surface area (Å²) in [5.41, 5.74) is 0. The number of sulfone groups is 1. The van der Waals surface area contributed by atoms with Crippen LogP contribution in [0.5, 0.6) is 0 Å². The van der Waals surface area contributed by atoms with Crippen LogP contribution >= 0.6 is 11.3 Å². The quantitative estimate of drug-likeness (QED) is 0.781. The van der Waals surface area contributed by atoms with Crippen LogP contribution in [0, 0.1) is 5.38 Å². The fourth-order valence-corrected chi connectivity index (χ4v) is 3.10. The fraction of sp³-hybridized carbons (Fsp3) is 0. The summed E-state index contributed by atoms with van der Waals surface area (Å²) in [7, 11) is -3.42. The third-order valence-corrected chi connectivity index (χ3v) is 4.52. The van der Waals surface area contributed by atoms with E-state index in [0.29, 0.717) is 0 Å². The van der Waals surface area contributed by atoms with Crippen molar-refractivity contribution in [2.75, 3.05) is 0 Å². The first-order chi connectivity index (χ1) is 6.71. The summed E-state index contributed by atoms with van der Waals surface area (Å²) in [4.78, 5) is 4.01. The molecule has 1 heterocycles. The van der Waals surface area contributed by atoms with Gasteiger partial charge in [-0.2, -0.15) is 0 Å². The molecule has 0 N–H and O–H groups in total. The molecule has 2 aromatic rings. The Morgan fingerprint density at radius 2 is 1.93 bits per heavy atom. The average Bonchev–Trinajstić information content (AvgIpc) is 2.72. The van der Waals surface area contributed by atoms with Crippen molar-refractivity contribution in [2.45, 2.75) is 9.24 Å². The van der Waals surface area contributed by atoms with Crippen molar-refractivity contribution in [3.8, 4) is 0 Å². The zero-order valence-electron chi connectivity index (χ0n) is 7.04. The van der Waals surface area contributed by atoms with E-state index in [4.69, 9.17) is 0 Å². The number of hydrogen-bond donors (Lipinski definition) is 0. The van der Waals surface area contributed by atoms with Gasteiger partial charge in [0, 0.05) is 6.20 Å². The molecule has 5 heteroatoms. The summed E-state index contributed by atoms with van der Waals surface area (Å²) >= 11 is 1.00. The first-order valence-corrected chi connectivity index (χ1v) is 6.13. The Balaban J connectivity index is 2.55. The van der Waals surface area contributed by atoms with Crippen LogP contribution in [0.1, 0.15) is 0 Å². The van der Waals surface area contributed by atoms with E-state index in [1.807, 2.05) is 0 Å². The van der Waals surface area contributed by atoms with Crippen LogP contribution in [-0.4, -0.2) is 13.4 Å². The fourth-order valence-electron chi connectivity index (χ4n) is 1.01. The van der Waals surface area contributed by atoms with Gasteiger partial charge in [-0.1, -0.05) is 18.2 Å². The summed E-state index contributed by atoms with van der Waals surface area (Å²) < 4.78 is 23.7. The van der Waals surface area contributed by atoms with Crippen LogP contribution < -0.4 is 0 Å². The normalized spacial score (nSPS) is 11.4. The van der Waals surface area contributed by atoms with E-state index in [-0.39, 0.29) is 9.24 Å². The van der Waals surface area contributed by atoms with Crippen molar-refractivity contribution in [3.63, 3.8) is 0 Å². The minimum absolute atomic E-state index is 0.0868. The molecule has 0 fully saturated rings. The maximum Gasteiger partial charge on any atom is 0.233 e. The van der Waals surface area contributed by atoms with Gasteiger partial charge in [-0.05, 0) is 12.1 Å². The molecular formula is C9H6NO2S2. The van der Waals surface area contributed by atoms with Crippen LogP contribution in [-0.2, 0) is 9.84 Å². The van der Waals surface area contributed by atoms with E-state index < -0.39 is 9.84 Å². The number of aromatic nitrogens is 1. The van der Waals surface area contributed by atoms with Gasteiger partial charge in [0.25, 0.3) is 0 Å². The Kier molecular flexibility index (Phi) is 2.35. The Hall–Kier alpha value is -1.20. The number of nitrogens with zero attached hydrogens (tertiary/aromatic N) is 1. The molecule has 1 radical (unpaired) electrons. The van der Waals surface area contributed by atoms with Crippen molar-refractivity contribution in [1.82, 2.24) is 4.98 Å². The monoisotopic (exact) mass is 224 g/mol. The summed E-state index contributed by atoms with van der Waals surface area (Å²) in [6.07, 6.45) is 1.36. The van der Waals surface area contributed by atoms with Gasteiger partial charge in [0.1, 0.15) is 0 Å². The molecule has 0 aliphatic heterocycles. The highest BCUT2D eigenvalue weighted by Crippen LogP contribution is 2.21. The number of hydrogen-bond acceptors (Lipinski definition) is 4. The predicted molar refractivity (Wildman–Crippen MR) is 52.8 cm³/mol.